The van der Waals surface area contributed by atoms with E-state index in [2.05, 4.69) is 199 Å². The minimum atomic E-state index is 0.232. The van der Waals surface area contributed by atoms with Crippen molar-refractivity contribution in [2.24, 2.45) is 0 Å². The molecule has 0 aliphatic heterocycles. The smallest absolute Gasteiger partial charge is 0.0468 e. The lowest BCUT2D eigenvalue weighted by molar-refractivity contribution is 1.01. The number of nitrogens with zero attached hydrogens (tertiary/aromatic N) is 1. The summed E-state index contributed by atoms with van der Waals surface area (Å²) in [4.78, 5) is 2.39. The molecule has 0 spiro atoms. The van der Waals surface area contributed by atoms with E-state index in [0.29, 0.717) is 0 Å². The van der Waals surface area contributed by atoms with Crippen LogP contribution in [0.25, 0.3) is 73.4 Å². The van der Waals surface area contributed by atoms with Gasteiger partial charge in [0.25, 0.3) is 0 Å². The first-order valence-electron chi connectivity index (χ1n) is 19.2. The van der Waals surface area contributed by atoms with Gasteiger partial charge in [-0.15, -0.1) is 22.7 Å². The second-order valence-electron chi connectivity index (χ2n) is 14.8. The van der Waals surface area contributed by atoms with Gasteiger partial charge in [-0.25, -0.2) is 0 Å². The van der Waals surface area contributed by atoms with Gasteiger partial charge in [-0.2, -0.15) is 0 Å². The Morgan fingerprint density at radius 3 is 1.64 bits per heavy atom. The second kappa shape index (κ2) is 12.5. The maximum Gasteiger partial charge on any atom is 0.0468 e. The number of hydrogen-bond acceptors (Lipinski definition) is 3. The van der Waals surface area contributed by atoms with Crippen LogP contribution in [0.3, 0.4) is 0 Å². The van der Waals surface area contributed by atoms with E-state index in [1.807, 2.05) is 22.7 Å². The Bertz CT molecular complexity index is 3300. The molecule has 1 atom stereocenters. The first-order valence-corrected chi connectivity index (χ1v) is 20.8. The van der Waals surface area contributed by atoms with E-state index >= 15 is 0 Å². The lowest BCUT2D eigenvalue weighted by atomic mass is 9.89. The minimum Gasteiger partial charge on any atom is -0.310 e. The number of anilines is 3. The lowest BCUT2D eigenvalue weighted by Gasteiger charge is -2.26. The van der Waals surface area contributed by atoms with E-state index < -0.39 is 0 Å². The molecule has 0 radical (unpaired) electrons. The second-order valence-corrected chi connectivity index (χ2v) is 16.9. The summed E-state index contributed by atoms with van der Waals surface area (Å²) in [5.74, 6) is 0.232. The van der Waals surface area contributed by atoms with Gasteiger partial charge in [0.15, 0.2) is 0 Å². The normalized spacial score (nSPS) is 13.5. The molecule has 1 aliphatic carbocycles. The van der Waals surface area contributed by atoms with Crippen molar-refractivity contribution in [2.75, 3.05) is 4.90 Å². The van der Waals surface area contributed by atoms with E-state index in [1.54, 1.807) is 0 Å². The van der Waals surface area contributed by atoms with Gasteiger partial charge >= 0.3 is 0 Å². The van der Waals surface area contributed by atoms with Gasteiger partial charge in [0, 0.05) is 74.1 Å². The molecule has 56 heavy (non-hydrogen) atoms. The van der Waals surface area contributed by atoms with Crippen molar-refractivity contribution in [3.8, 4) is 22.3 Å². The van der Waals surface area contributed by atoms with E-state index in [4.69, 9.17) is 0 Å². The fourth-order valence-electron chi connectivity index (χ4n) is 9.16. The SMILES string of the molecule is c1ccc(C2c3ccccc3-c3cc(N(c4ccccc4)c4ccc(-c5ccc6c(c5)sc5c6ccc6c5ccc5c7ccccc7sc56)cc4)ccc32)cc1. The molecule has 1 nitrogen and oxygen atoms in total. The first-order chi connectivity index (χ1) is 27.8. The van der Waals surface area contributed by atoms with Crippen LogP contribution in [0.15, 0.2) is 194 Å². The quantitative estimate of drug-likeness (QED) is 0.169. The molecular formula is C53H33NS2. The van der Waals surface area contributed by atoms with Crippen molar-refractivity contribution in [1.82, 2.24) is 0 Å². The Morgan fingerprint density at radius 2 is 0.875 bits per heavy atom. The average molecular weight is 748 g/mol. The van der Waals surface area contributed by atoms with Crippen molar-refractivity contribution in [1.29, 1.82) is 0 Å². The molecule has 0 saturated heterocycles. The van der Waals surface area contributed by atoms with Crippen molar-refractivity contribution >= 4 is 90.9 Å². The van der Waals surface area contributed by atoms with E-state index in [9.17, 15) is 0 Å². The van der Waals surface area contributed by atoms with Crippen LogP contribution in [-0.2, 0) is 0 Å². The highest BCUT2D eigenvalue weighted by atomic mass is 32.1. The molecule has 3 heteroatoms. The van der Waals surface area contributed by atoms with Gasteiger partial charge in [0.2, 0.25) is 0 Å². The maximum atomic E-state index is 2.39. The summed E-state index contributed by atoms with van der Waals surface area (Å²) >= 11 is 3.83. The van der Waals surface area contributed by atoms with Crippen LogP contribution in [0.1, 0.15) is 22.6 Å². The third kappa shape index (κ3) is 4.85. The number of rotatable bonds is 5. The van der Waals surface area contributed by atoms with Crippen LogP contribution >= 0.6 is 22.7 Å². The molecule has 11 aromatic rings. The predicted molar refractivity (Wildman–Crippen MR) is 243 cm³/mol. The van der Waals surface area contributed by atoms with Gasteiger partial charge in [-0.05, 0) is 87.5 Å². The van der Waals surface area contributed by atoms with Crippen LogP contribution in [-0.4, -0.2) is 0 Å². The minimum absolute atomic E-state index is 0.232. The van der Waals surface area contributed by atoms with Gasteiger partial charge in [-0.1, -0.05) is 146 Å². The zero-order valence-electron chi connectivity index (χ0n) is 30.3. The van der Waals surface area contributed by atoms with Crippen molar-refractivity contribution < 1.29 is 0 Å². The van der Waals surface area contributed by atoms with Crippen LogP contribution in [0.5, 0.6) is 0 Å². The molecule has 2 heterocycles. The molecule has 0 amide bonds. The molecule has 0 saturated carbocycles. The van der Waals surface area contributed by atoms with Gasteiger partial charge in [0.05, 0.1) is 0 Å². The number of hydrogen-bond donors (Lipinski definition) is 0. The fourth-order valence-corrected chi connectivity index (χ4v) is 11.7. The highest BCUT2D eigenvalue weighted by Crippen LogP contribution is 2.50. The van der Waals surface area contributed by atoms with Crippen LogP contribution in [0, 0.1) is 0 Å². The molecule has 2 aromatic heterocycles. The summed E-state index contributed by atoms with van der Waals surface area (Å²) in [5, 5.41) is 8.07. The monoisotopic (exact) mass is 747 g/mol. The third-order valence-electron chi connectivity index (χ3n) is 11.7. The molecule has 262 valence electrons. The highest BCUT2D eigenvalue weighted by Gasteiger charge is 2.30. The summed E-state index contributed by atoms with van der Waals surface area (Å²) in [5.41, 5.74) is 12.6. The summed E-state index contributed by atoms with van der Waals surface area (Å²) < 4.78 is 5.43. The zero-order valence-corrected chi connectivity index (χ0v) is 31.9. The molecule has 0 fully saturated rings. The molecule has 0 bridgehead atoms. The van der Waals surface area contributed by atoms with E-state index in [0.717, 1.165) is 17.1 Å². The molecule has 12 rings (SSSR count). The van der Waals surface area contributed by atoms with E-state index in [1.165, 1.54) is 90.1 Å². The molecule has 1 aliphatic rings. The van der Waals surface area contributed by atoms with Crippen molar-refractivity contribution in [3.05, 3.63) is 211 Å². The predicted octanol–water partition coefficient (Wildman–Crippen LogP) is 15.9. The number of thiophene rings is 2. The average Bonchev–Trinajstić information content (AvgIpc) is 3.94. The molecule has 9 aromatic carbocycles. The molecular weight excluding hydrogens is 715 g/mol. The number of para-hydroxylation sites is 1. The van der Waals surface area contributed by atoms with Gasteiger partial charge in [0.1, 0.15) is 0 Å². The molecule has 0 N–H and O–H groups in total. The Morgan fingerprint density at radius 1 is 0.339 bits per heavy atom. The standard InChI is InChI=1S/C53H33NS2/c1-3-11-34(12-4-1)51-42-17-8-7-15-39(42)48-32-38(24-26-43(48)51)54(36-13-5-2-6-14-36)37-22-19-33(20-23-37)35-21-25-41-45-28-30-46-47(53(45)56-50(41)31-35)29-27-44-40-16-9-10-18-49(40)55-52(44)46/h1-32,51H. The summed E-state index contributed by atoms with van der Waals surface area (Å²) in [6.07, 6.45) is 0. The Hall–Kier alpha value is -6.52. The van der Waals surface area contributed by atoms with Crippen molar-refractivity contribution in [3.63, 3.8) is 0 Å². The lowest BCUT2D eigenvalue weighted by Crippen LogP contribution is -2.10. The van der Waals surface area contributed by atoms with Gasteiger partial charge in [-0.3, -0.25) is 0 Å². The van der Waals surface area contributed by atoms with Crippen LogP contribution < -0.4 is 4.90 Å². The third-order valence-corrected chi connectivity index (χ3v) is 14.2. The van der Waals surface area contributed by atoms with Crippen molar-refractivity contribution in [2.45, 2.75) is 5.92 Å². The Kier molecular flexibility index (Phi) is 7.10. The van der Waals surface area contributed by atoms with Crippen LogP contribution in [0.2, 0.25) is 0 Å². The zero-order chi connectivity index (χ0) is 36.7. The summed E-state index contributed by atoms with van der Waals surface area (Å²) in [7, 11) is 0. The topological polar surface area (TPSA) is 3.24 Å². The largest absolute Gasteiger partial charge is 0.310 e. The highest BCUT2D eigenvalue weighted by molar-refractivity contribution is 7.28. The van der Waals surface area contributed by atoms with Crippen LogP contribution in [0.4, 0.5) is 17.1 Å². The summed E-state index contributed by atoms with van der Waals surface area (Å²) in [6.45, 7) is 0. The fraction of sp³-hybridized carbons (Fsp3) is 0.0189. The number of fused-ring (bicyclic) bond motifs is 12. The van der Waals surface area contributed by atoms with E-state index in [-0.39, 0.29) is 5.92 Å². The first kappa shape index (κ1) is 31.8. The Labute approximate surface area is 333 Å². The molecule has 1 unspecified atom stereocenters. The summed E-state index contributed by atoms with van der Waals surface area (Å²) in [6, 6.07) is 71.8. The Balaban J connectivity index is 0.929. The number of benzene rings is 9. The van der Waals surface area contributed by atoms with Gasteiger partial charge < -0.3 is 4.90 Å². The maximum absolute atomic E-state index is 2.39.